The lowest BCUT2D eigenvalue weighted by molar-refractivity contribution is 0.906. The van der Waals surface area contributed by atoms with E-state index in [9.17, 15) is 4.79 Å². The van der Waals surface area contributed by atoms with Gasteiger partial charge in [0.15, 0.2) is 0 Å². The predicted molar refractivity (Wildman–Crippen MR) is 95.8 cm³/mol. The highest BCUT2D eigenvalue weighted by molar-refractivity contribution is 5.91. The van der Waals surface area contributed by atoms with Gasteiger partial charge in [0.05, 0.1) is 16.8 Å². The second-order valence-corrected chi connectivity index (χ2v) is 5.30. The van der Waals surface area contributed by atoms with Crippen molar-refractivity contribution in [3.05, 3.63) is 76.1 Å². The van der Waals surface area contributed by atoms with Gasteiger partial charge in [-0.05, 0) is 37.3 Å². The molecule has 0 saturated heterocycles. The first-order valence-electron chi connectivity index (χ1n) is 7.64. The van der Waals surface area contributed by atoms with Crippen molar-refractivity contribution in [2.24, 2.45) is 7.05 Å². The summed E-state index contributed by atoms with van der Waals surface area (Å²) in [6.07, 6.45) is 0. The third-order valence-electron chi connectivity index (χ3n) is 3.78. The molecule has 2 aromatic carbocycles. The molecule has 0 atom stereocenters. The molecule has 3 heteroatoms. The van der Waals surface area contributed by atoms with Gasteiger partial charge < -0.3 is 9.88 Å². The van der Waals surface area contributed by atoms with Crippen LogP contribution in [0.5, 0.6) is 0 Å². The largest absolute Gasteiger partial charge is 0.384 e. The molecule has 0 radical (unpaired) electrons. The molecule has 0 fully saturated rings. The van der Waals surface area contributed by atoms with E-state index in [0.29, 0.717) is 0 Å². The van der Waals surface area contributed by atoms with Crippen LogP contribution in [-0.4, -0.2) is 11.1 Å². The van der Waals surface area contributed by atoms with Gasteiger partial charge in [0.25, 0.3) is 5.56 Å². The zero-order valence-corrected chi connectivity index (χ0v) is 13.3. The van der Waals surface area contributed by atoms with Crippen molar-refractivity contribution in [1.82, 2.24) is 4.57 Å². The number of benzene rings is 2. The average molecular weight is 302 g/mol. The predicted octanol–water partition coefficient (Wildman–Crippen LogP) is 3.37. The van der Waals surface area contributed by atoms with Crippen LogP contribution >= 0.6 is 0 Å². The fraction of sp³-hybridized carbons (Fsp3) is 0.150. The fourth-order valence-corrected chi connectivity index (χ4v) is 2.58. The van der Waals surface area contributed by atoms with Gasteiger partial charge in [0.2, 0.25) is 0 Å². The lowest BCUT2D eigenvalue weighted by Crippen LogP contribution is -2.15. The zero-order valence-electron chi connectivity index (χ0n) is 13.3. The zero-order chi connectivity index (χ0) is 16.2. The Hall–Kier alpha value is -2.99. The van der Waals surface area contributed by atoms with E-state index in [-0.39, 0.29) is 5.56 Å². The normalized spacial score (nSPS) is 10.2. The van der Waals surface area contributed by atoms with E-state index in [1.165, 1.54) is 0 Å². The smallest absolute Gasteiger partial charge is 0.250 e. The topological polar surface area (TPSA) is 34.0 Å². The van der Waals surface area contributed by atoms with Gasteiger partial charge >= 0.3 is 0 Å². The molecule has 0 aliphatic rings. The van der Waals surface area contributed by atoms with Crippen LogP contribution in [-0.2, 0) is 7.05 Å². The molecule has 0 spiro atoms. The van der Waals surface area contributed by atoms with E-state index in [2.05, 4.69) is 24.1 Å². The highest BCUT2D eigenvalue weighted by Gasteiger charge is 2.08. The van der Waals surface area contributed by atoms with Crippen LogP contribution in [0.4, 0.5) is 5.69 Å². The summed E-state index contributed by atoms with van der Waals surface area (Å²) in [7, 11) is 1.78. The Morgan fingerprint density at radius 3 is 2.52 bits per heavy atom. The summed E-state index contributed by atoms with van der Waals surface area (Å²) in [5.74, 6) is 6.48. The minimum atomic E-state index is -0.0179. The summed E-state index contributed by atoms with van der Waals surface area (Å²) in [6.45, 7) is 2.87. The molecule has 23 heavy (non-hydrogen) atoms. The van der Waals surface area contributed by atoms with E-state index in [1.54, 1.807) is 17.7 Å². The highest BCUT2D eigenvalue weighted by atomic mass is 16.1. The Kier molecular flexibility index (Phi) is 4.16. The maximum Gasteiger partial charge on any atom is 0.250 e. The van der Waals surface area contributed by atoms with Gasteiger partial charge in [0.1, 0.15) is 0 Å². The fourth-order valence-electron chi connectivity index (χ4n) is 2.58. The Morgan fingerprint density at radius 1 is 1.00 bits per heavy atom. The van der Waals surface area contributed by atoms with E-state index in [0.717, 1.165) is 34.3 Å². The molecule has 1 heterocycles. The summed E-state index contributed by atoms with van der Waals surface area (Å²) >= 11 is 0. The number of pyridine rings is 1. The number of fused-ring (bicyclic) bond motifs is 1. The van der Waals surface area contributed by atoms with Crippen molar-refractivity contribution in [1.29, 1.82) is 0 Å². The minimum absolute atomic E-state index is 0.0179. The Labute approximate surface area is 135 Å². The molecule has 0 amide bonds. The molecular formula is C20H18N2O. The summed E-state index contributed by atoms with van der Waals surface area (Å²) in [6, 6.07) is 17.3. The first kappa shape index (κ1) is 14.9. The molecule has 1 aromatic heterocycles. The summed E-state index contributed by atoms with van der Waals surface area (Å²) < 4.78 is 1.65. The van der Waals surface area contributed by atoms with E-state index in [1.807, 2.05) is 48.5 Å². The lowest BCUT2D eigenvalue weighted by atomic mass is 10.1. The van der Waals surface area contributed by atoms with Crippen LogP contribution in [0.25, 0.3) is 10.9 Å². The van der Waals surface area contributed by atoms with Crippen molar-refractivity contribution < 1.29 is 0 Å². The van der Waals surface area contributed by atoms with Crippen molar-refractivity contribution in [3.63, 3.8) is 0 Å². The van der Waals surface area contributed by atoms with Gasteiger partial charge in [-0.3, -0.25) is 4.79 Å². The Bertz CT molecular complexity index is 960. The van der Waals surface area contributed by atoms with Crippen LogP contribution in [0.2, 0.25) is 0 Å². The summed E-state index contributed by atoms with van der Waals surface area (Å²) in [5, 5.41) is 4.33. The SMILES string of the molecule is CCNc1ccc2c(ccc(=O)n2C)c1C#Cc1ccccc1. The van der Waals surface area contributed by atoms with Crippen molar-refractivity contribution >= 4 is 16.6 Å². The van der Waals surface area contributed by atoms with Crippen molar-refractivity contribution in [2.75, 3.05) is 11.9 Å². The number of nitrogens with one attached hydrogen (secondary N) is 1. The number of nitrogens with zero attached hydrogens (tertiary/aromatic N) is 1. The van der Waals surface area contributed by atoms with Crippen LogP contribution in [0.3, 0.4) is 0 Å². The molecule has 0 unspecified atom stereocenters. The number of anilines is 1. The quantitative estimate of drug-likeness (QED) is 0.736. The third-order valence-corrected chi connectivity index (χ3v) is 3.78. The standard InChI is InChI=1S/C20H18N2O/c1-3-21-18-12-13-19-17(11-14-20(23)22(19)2)16(18)10-9-15-7-5-4-6-8-15/h4-8,11-14,21H,3H2,1-2H3. The first-order valence-corrected chi connectivity index (χ1v) is 7.64. The molecule has 114 valence electrons. The average Bonchev–Trinajstić information content (AvgIpc) is 2.58. The molecule has 0 bridgehead atoms. The van der Waals surface area contributed by atoms with Gasteiger partial charge in [-0.2, -0.15) is 0 Å². The second kappa shape index (κ2) is 6.41. The molecule has 0 saturated carbocycles. The number of aryl methyl sites for hydroxylation is 1. The Morgan fingerprint density at radius 2 is 1.78 bits per heavy atom. The highest BCUT2D eigenvalue weighted by Crippen LogP contribution is 2.24. The first-order chi connectivity index (χ1) is 11.2. The molecule has 0 aliphatic carbocycles. The number of hydrogen-bond acceptors (Lipinski definition) is 2. The maximum atomic E-state index is 11.8. The molecule has 3 nitrogen and oxygen atoms in total. The molecule has 1 N–H and O–H groups in total. The molecule has 3 rings (SSSR count). The van der Waals surface area contributed by atoms with E-state index < -0.39 is 0 Å². The number of hydrogen-bond donors (Lipinski definition) is 1. The van der Waals surface area contributed by atoms with E-state index >= 15 is 0 Å². The third kappa shape index (κ3) is 2.97. The molecular weight excluding hydrogens is 284 g/mol. The summed E-state index contributed by atoms with van der Waals surface area (Å²) in [5.41, 5.74) is 3.75. The van der Waals surface area contributed by atoms with Gasteiger partial charge in [-0.1, -0.05) is 30.0 Å². The molecule has 3 aromatic rings. The lowest BCUT2D eigenvalue weighted by Gasteiger charge is -2.11. The van der Waals surface area contributed by atoms with Crippen LogP contribution < -0.4 is 10.9 Å². The summed E-state index contributed by atoms with van der Waals surface area (Å²) in [4.78, 5) is 11.8. The number of rotatable bonds is 2. The number of aromatic nitrogens is 1. The monoisotopic (exact) mass is 302 g/mol. The van der Waals surface area contributed by atoms with Gasteiger partial charge in [0, 0.05) is 30.6 Å². The van der Waals surface area contributed by atoms with Crippen molar-refractivity contribution in [3.8, 4) is 11.8 Å². The van der Waals surface area contributed by atoms with Crippen LogP contribution in [0.15, 0.2) is 59.4 Å². The second-order valence-electron chi connectivity index (χ2n) is 5.30. The minimum Gasteiger partial charge on any atom is -0.384 e. The van der Waals surface area contributed by atoms with Crippen molar-refractivity contribution in [2.45, 2.75) is 6.92 Å². The van der Waals surface area contributed by atoms with Crippen LogP contribution in [0, 0.1) is 11.8 Å². The van der Waals surface area contributed by atoms with Crippen LogP contribution in [0.1, 0.15) is 18.1 Å². The maximum absolute atomic E-state index is 11.8. The van der Waals surface area contributed by atoms with Gasteiger partial charge in [-0.15, -0.1) is 0 Å². The molecule has 0 aliphatic heterocycles. The van der Waals surface area contributed by atoms with E-state index in [4.69, 9.17) is 0 Å². The Balaban J connectivity index is 2.24. The van der Waals surface area contributed by atoms with Gasteiger partial charge in [-0.25, -0.2) is 0 Å².